The van der Waals surface area contributed by atoms with Crippen molar-refractivity contribution in [2.75, 3.05) is 40.9 Å². The molecule has 4 amide bonds. The third-order valence-electron chi connectivity index (χ3n) is 5.67. The third kappa shape index (κ3) is 4.66. The van der Waals surface area contributed by atoms with Crippen molar-refractivity contribution in [3.8, 4) is 0 Å². The van der Waals surface area contributed by atoms with Gasteiger partial charge in [-0.15, -0.1) is 0 Å². The van der Waals surface area contributed by atoms with E-state index in [1.807, 2.05) is 36.4 Å². The molecule has 0 radical (unpaired) electrons. The number of urea groups is 1. The maximum Gasteiger partial charge on any atom is 0.335 e. The fourth-order valence-electron chi connectivity index (χ4n) is 3.83. The monoisotopic (exact) mass is 434 g/mol. The Hall–Kier alpha value is -3.61. The summed E-state index contributed by atoms with van der Waals surface area (Å²) in [5.41, 5.74) is 3.13. The molecule has 1 heterocycles. The van der Waals surface area contributed by atoms with E-state index in [9.17, 15) is 14.4 Å². The molecular formula is C25H30N4O3. The van der Waals surface area contributed by atoms with E-state index in [2.05, 4.69) is 42.8 Å². The number of amides is 4. The summed E-state index contributed by atoms with van der Waals surface area (Å²) in [7, 11) is 0. The minimum absolute atomic E-state index is 0.0759. The molecule has 1 N–H and O–H groups in total. The topological polar surface area (TPSA) is 73.0 Å². The van der Waals surface area contributed by atoms with Crippen LogP contribution in [0.15, 0.2) is 54.1 Å². The summed E-state index contributed by atoms with van der Waals surface area (Å²) in [6.45, 7) is 11.8. The molecule has 0 aromatic heterocycles. The molecule has 1 aliphatic heterocycles. The van der Waals surface area contributed by atoms with Crippen LogP contribution in [0.5, 0.6) is 0 Å². The Labute approximate surface area is 189 Å². The lowest BCUT2D eigenvalue weighted by molar-refractivity contribution is -0.122. The summed E-state index contributed by atoms with van der Waals surface area (Å²) in [5.74, 6) is -1.33. The summed E-state index contributed by atoms with van der Waals surface area (Å²) < 4.78 is 0. The van der Waals surface area contributed by atoms with E-state index in [-0.39, 0.29) is 5.57 Å². The number of nitrogens with zero attached hydrogens (tertiary/aromatic N) is 3. The molecule has 3 rings (SSSR count). The zero-order chi connectivity index (χ0) is 23.3. The van der Waals surface area contributed by atoms with E-state index >= 15 is 0 Å². The number of hydrogen-bond acceptors (Lipinski definition) is 5. The molecule has 7 nitrogen and oxygen atoms in total. The van der Waals surface area contributed by atoms with E-state index in [0.29, 0.717) is 11.3 Å². The Morgan fingerprint density at radius 2 is 1.22 bits per heavy atom. The lowest BCUT2D eigenvalue weighted by atomic mass is 10.1. The maximum atomic E-state index is 13.1. The van der Waals surface area contributed by atoms with Gasteiger partial charge in [0.25, 0.3) is 11.8 Å². The first-order valence-corrected chi connectivity index (χ1v) is 11.0. The van der Waals surface area contributed by atoms with Crippen LogP contribution >= 0.6 is 0 Å². The maximum absolute atomic E-state index is 13.1. The number of hydrogen-bond donors (Lipinski definition) is 1. The number of benzene rings is 2. The molecule has 1 fully saturated rings. The molecule has 7 heteroatoms. The van der Waals surface area contributed by atoms with Gasteiger partial charge in [-0.1, -0.05) is 12.1 Å². The molecule has 1 saturated heterocycles. The third-order valence-corrected chi connectivity index (χ3v) is 5.67. The number of rotatable bonds is 8. The lowest BCUT2D eigenvalue weighted by Crippen LogP contribution is -2.54. The van der Waals surface area contributed by atoms with E-state index in [0.717, 1.165) is 42.5 Å². The average Bonchev–Trinajstić information content (AvgIpc) is 2.80. The second-order valence-corrected chi connectivity index (χ2v) is 7.41. The van der Waals surface area contributed by atoms with Gasteiger partial charge in [-0.2, -0.15) is 0 Å². The van der Waals surface area contributed by atoms with Gasteiger partial charge in [0.05, 0.1) is 5.69 Å². The van der Waals surface area contributed by atoms with Gasteiger partial charge in [0.2, 0.25) is 0 Å². The minimum Gasteiger partial charge on any atom is -0.372 e. The fraction of sp³-hybridized carbons (Fsp3) is 0.320. The highest BCUT2D eigenvalue weighted by Gasteiger charge is 2.36. The molecule has 32 heavy (non-hydrogen) atoms. The number of carbonyl (C=O) groups is 3. The van der Waals surface area contributed by atoms with Crippen LogP contribution in [-0.4, -0.2) is 44.0 Å². The average molecular weight is 435 g/mol. The van der Waals surface area contributed by atoms with Crippen molar-refractivity contribution in [2.45, 2.75) is 27.7 Å². The van der Waals surface area contributed by atoms with Crippen LogP contribution in [0.3, 0.4) is 0 Å². The van der Waals surface area contributed by atoms with Gasteiger partial charge in [-0.3, -0.25) is 14.9 Å². The van der Waals surface area contributed by atoms with Crippen LogP contribution < -0.4 is 20.0 Å². The molecule has 1 aliphatic rings. The van der Waals surface area contributed by atoms with Crippen LogP contribution in [0.1, 0.15) is 33.3 Å². The molecule has 0 unspecified atom stereocenters. The summed E-state index contributed by atoms with van der Waals surface area (Å²) in [4.78, 5) is 43.4. The first-order valence-electron chi connectivity index (χ1n) is 11.0. The molecule has 0 bridgehead atoms. The highest BCUT2D eigenvalue weighted by atomic mass is 16.2. The highest BCUT2D eigenvalue weighted by molar-refractivity contribution is 6.39. The standard InChI is InChI=1S/C25H30N4O3/c1-5-27(6-2)19-11-9-18(10-12-19)17-22-23(30)26-25(32)29(24(22)31)21-15-13-20(14-16-21)28(7-3)8-4/h9-17H,5-8H2,1-4H3,(H,26,30,32)/b22-17+. The van der Waals surface area contributed by atoms with Gasteiger partial charge in [0.15, 0.2) is 0 Å². The molecule has 0 atom stereocenters. The van der Waals surface area contributed by atoms with Crippen molar-refractivity contribution < 1.29 is 14.4 Å². The summed E-state index contributed by atoms with van der Waals surface area (Å²) in [6.07, 6.45) is 1.52. The van der Waals surface area contributed by atoms with E-state index in [1.165, 1.54) is 6.08 Å². The number of carbonyl (C=O) groups excluding carboxylic acids is 3. The number of imide groups is 2. The SMILES string of the molecule is CCN(CC)c1ccc(/C=C2\C(=O)NC(=O)N(c3ccc(N(CC)CC)cc3)C2=O)cc1. The highest BCUT2D eigenvalue weighted by Crippen LogP contribution is 2.25. The van der Waals surface area contributed by atoms with Gasteiger partial charge < -0.3 is 9.80 Å². The predicted molar refractivity (Wildman–Crippen MR) is 129 cm³/mol. The van der Waals surface area contributed by atoms with Gasteiger partial charge in [0, 0.05) is 37.6 Å². The van der Waals surface area contributed by atoms with Crippen LogP contribution in [0.4, 0.5) is 21.9 Å². The molecule has 2 aromatic carbocycles. The number of nitrogens with one attached hydrogen (secondary N) is 1. The van der Waals surface area contributed by atoms with Crippen molar-refractivity contribution in [3.63, 3.8) is 0 Å². The van der Waals surface area contributed by atoms with E-state index < -0.39 is 17.8 Å². The Kier molecular flexibility index (Phi) is 7.30. The van der Waals surface area contributed by atoms with Crippen molar-refractivity contribution in [2.24, 2.45) is 0 Å². The zero-order valence-electron chi connectivity index (χ0n) is 19.1. The van der Waals surface area contributed by atoms with Crippen LogP contribution in [0, 0.1) is 0 Å². The molecule has 0 spiro atoms. The van der Waals surface area contributed by atoms with E-state index in [1.54, 1.807) is 12.1 Å². The van der Waals surface area contributed by atoms with Crippen molar-refractivity contribution in [3.05, 3.63) is 59.7 Å². The summed E-state index contributed by atoms with van der Waals surface area (Å²) in [5, 5.41) is 2.28. The normalized spacial score (nSPS) is 15.2. The molecule has 0 saturated carbocycles. The van der Waals surface area contributed by atoms with Crippen molar-refractivity contribution in [1.82, 2.24) is 5.32 Å². The van der Waals surface area contributed by atoms with Crippen molar-refractivity contribution >= 4 is 41.0 Å². The first kappa shape index (κ1) is 23.1. The van der Waals surface area contributed by atoms with Crippen LogP contribution in [0.2, 0.25) is 0 Å². The molecule has 2 aromatic rings. The Morgan fingerprint density at radius 3 is 1.69 bits per heavy atom. The predicted octanol–water partition coefficient (Wildman–Crippen LogP) is 4.05. The van der Waals surface area contributed by atoms with Crippen molar-refractivity contribution in [1.29, 1.82) is 0 Å². The summed E-state index contributed by atoms with van der Waals surface area (Å²) >= 11 is 0. The molecule has 168 valence electrons. The Morgan fingerprint density at radius 1 is 0.750 bits per heavy atom. The second-order valence-electron chi connectivity index (χ2n) is 7.41. The second kappa shape index (κ2) is 10.1. The van der Waals surface area contributed by atoms with E-state index in [4.69, 9.17) is 0 Å². The fourth-order valence-corrected chi connectivity index (χ4v) is 3.83. The number of barbiturate groups is 1. The van der Waals surface area contributed by atoms with Gasteiger partial charge in [-0.05, 0) is 75.7 Å². The molecule has 0 aliphatic carbocycles. The largest absolute Gasteiger partial charge is 0.372 e. The minimum atomic E-state index is -0.746. The Bertz CT molecular complexity index is 1000. The van der Waals surface area contributed by atoms with Crippen LogP contribution in [-0.2, 0) is 9.59 Å². The van der Waals surface area contributed by atoms with Crippen LogP contribution in [0.25, 0.3) is 6.08 Å². The quantitative estimate of drug-likeness (QED) is 0.501. The molecular weight excluding hydrogens is 404 g/mol. The lowest BCUT2D eigenvalue weighted by Gasteiger charge is -2.27. The first-order chi connectivity index (χ1) is 15.4. The smallest absolute Gasteiger partial charge is 0.335 e. The number of anilines is 3. The Balaban J connectivity index is 1.88. The van der Waals surface area contributed by atoms with Gasteiger partial charge in [0.1, 0.15) is 5.57 Å². The summed E-state index contributed by atoms with van der Waals surface area (Å²) in [6, 6.07) is 14.1. The zero-order valence-corrected chi connectivity index (χ0v) is 19.1. The van der Waals surface area contributed by atoms with Gasteiger partial charge in [-0.25, -0.2) is 9.69 Å². The van der Waals surface area contributed by atoms with Gasteiger partial charge >= 0.3 is 6.03 Å².